The van der Waals surface area contributed by atoms with Gasteiger partial charge in [-0.3, -0.25) is 4.98 Å². The zero-order valence-electron chi connectivity index (χ0n) is 7.31. The molecule has 14 heavy (non-hydrogen) atoms. The summed E-state index contributed by atoms with van der Waals surface area (Å²) < 4.78 is 5.05. The van der Waals surface area contributed by atoms with Gasteiger partial charge in [0.05, 0.1) is 10.4 Å². The fraction of sp³-hybridized carbons (Fsp3) is 0.375. The number of hydrogen-bond donors (Lipinski definition) is 0. The van der Waals surface area contributed by atoms with E-state index < -0.39 is 0 Å². The fourth-order valence-corrected chi connectivity index (χ4v) is 1.68. The first-order valence-corrected chi connectivity index (χ1v) is 5.59. The SMILES string of the molecule is ClCCCc1nc(-c2cncs2)no1. The second kappa shape index (κ2) is 4.52. The summed E-state index contributed by atoms with van der Waals surface area (Å²) in [5.41, 5.74) is 1.74. The minimum absolute atomic E-state index is 0.608. The summed E-state index contributed by atoms with van der Waals surface area (Å²) in [4.78, 5) is 9.09. The van der Waals surface area contributed by atoms with Crippen molar-refractivity contribution < 1.29 is 4.52 Å². The number of aromatic nitrogens is 3. The molecule has 0 spiro atoms. The van der Waals surface area contributed by atoms with Crippen molar-refractivity contribution in [2.24, 2.45) is 0 Å². The highest BCUT2D eigenvalue weighted by Gasteiger charge is 2.08. The average Bonchev–Trinajstić information content (AvgIpc) is 2.85. The largest absolute Gasteiger partial charge is 0.339 e. The van der Waals surface area contributed by atoms with E-state index >= 15 is 0 Å². The molecule has 0 saturated carbocycles. The molecule has 2 aromatic rings. The quantitative estimate of drug-likeness (QED) is 0.756. The first-order valence-electron chi connectivity index (χ1n) is 4.17. The lowest BCUT2D eigenvalue weighted by Crippen LogP contribution is -1.85. The van der Waals surface area contributed by atoms with Gasteiger partial charge in [-0.15, -0.1) is 22.9 Å². The Labute approximate surface area is 89.9 Å². The van der Waals surface area contributed by atoms with Crippen LogP contribution < -0.4 is 0 Å². The van der Waals surface area contributed by atoms with E-state index in [1.165, 1.54) is 11.3 Å². The Morgan fingerprint density at radius 3 is 3.14 bits per heavy atom. The average molecular weight is 230 g/mol. The van der Waals surface area contributed by atoms with E-state index in [-0.39, 0.29) is 0 Å². The Kier molecular flexibility index (Phi) is 3.10. The first kappa shape index (κ1) is 9.61. The van der Waals surface area contributed by atoms with E-state index in [9.17, 15) is 0 Å². The molecule has 0 N–H and O–H groups in total. The molecule has 0 atom stereocenters. The zero-order valence-corrected chi connectivity index (χ0v) is 8.88. The van der Waals surface area contributed by atoms with E-state index in [1.54, 1.807) is 11.7 Å². The van der Waals surface area contributed by atoms with Gasteiger partial charge < -0.3 is 4.52 Å². The summed E-state index contributed by atoms with van der Waals surface area (Å²) in [6.45, 7) is 0. The molecule has 0 aliphatic rings. The van der Waals surface area contributed by atoms with Gasteiger partial charge in [0.2, 0.25) is 11.7 Å². The topological polar surface area (TPSA) is 51.8 Å². The summed E-state index contributed by atoms with van der Waals surface area (Å²) >= 11 is 7.05. The highest BCUT2D eigenvalue weighted by Crippen LogP contribution is 2.19. The maximum atomic E-state index is 5.56. The maximum Gasteiger partial charge on any atom is 0.227 e. The third kappa shape index (κ3) is 2.10. The molecule has 0 bridgehead atoms. The summed E-state index contributed by atoms with van der Waals surface area (Å²) in [5.74, 6) is 1.85. The second-order valence-electron chi connectivity index (χ2n) is 2.67. The van der Waals surface area contributed by atoms with Crippen molar-refractivity contribution in [3.05, 3.63) is 17.6 Å². The molecule has 0 aliphatic heterocycles. The van der Waals surface area contributed by atoms with Gasteiger partial charge in [0.25, 0.3) is 0 Å². The molecule has 0 aliphatic carbocycles. The van der Waals surface area contributed by atoms with Gasteiger partial charge in [-0.2, -0.15) is 4.98 Å². The molecule has 0 fully saturated rings. The van der Waals surface area contributed by atoms with Crippen LogP contribution in [0.1, 0.15) is 12.3 Å². The van der Waals surface area contributed by atoms with Crippen molar-refractivity contribution >= 4 is 22.9 Å². The third-order valence-electron chi connectivity index (χ3n) is 1.65. The summed E-state index contributed by atoms with van der Waals surface area (Å²) in [5, 5.41) is 3.85. The normalized spacial score (nSPS) is 10.6. The minimum atomic E-state index is 0.608. The lowest BCUT2D eigenvalue weighted by atomic mass is 10.3. The van der Waals surface area contributed by atoms with Crippen molar-refractivity contribution in [3.63, 3.8) is 0 Å². The maximum absolute atomic E-state index is 5.56. The lowest BCUT2D eigenvalue weighted by molar-refractivity contribution is 0.378. The number of hydrogen-bond acceptors (Lipinski definition) is 5. The van der Waals surface area contributed by atoms with E-state index in [0.717, 1.165) is 17.7 Å². The fourth-order valence-electron chi connectivity index (χ4n) is 1.00. The van der Waals surface area contributed by atoms with E-state index in [1.807, 2.05) is 0 Å². The highest BCUT2D eigenvalue weighted by atomic mass is 35.5. The molecular weight excluding hydrogens is 222 g/mol. The molecular formula is C8H8ClN3OS. The summed E-state index contributed by atoms with van der Waals surface area (Å²) in [6, 6.07) is 0. The van der Waals surface area contributed by atoms with Crippen molar-refractivity contribution in [2.75, 3.05) is 5.88 Å². The van der Waals surface area contributed by atoms with Crippen LogP contribution >= 0.6 is 22.9 Å². The summed E-state index contributed by atoms with van der Waals surface area (Å²) in [7, 11) is 0. The standard InChI is InChI=1S/C8H8ClN3OS/c9-3-1-2-7-11-8(12-13-7)6-4-10-5-14-6/h4-5H,1-3H2. The Balaban J connectivity index is 2.10. The number of rotatable bonds is 4. The predicted molar refractivity (Wildman–Crippen MR) is 54.4 cm³/mol. The van der Waals surface area contributed by atoms with Crippen molar-refractivity contribution in [2.45, 2.75) is 12.8 Å². The van der Waals surface area contributed by atoms with Crippen LogP contribution in [0.3, 0.4) is 0 Å². The highest BCUT2D eigenvalue weighted by molar-refractivity contribution is 7.13. The minimum Gasteiger partial charge on any atom is -0.339 e. The molecule has 0 aromatic carbocycles. The monoisotopic (exact) mass is 229 g/mol. The van der Waals surface area contributed by atoms with Gasteiger partial charge in [-0.1, -0.05) is 5.16 Å². The number of aryl methyl sites for hydroxylation is 1. The molecule has 4 nitrogen and oxygen atoms in total. The van der Waals surface area contributed by atoms with Gasteiger partial charge in [-0.05, 0) is 6.42 Å². The van der Waals surface area contributed by atoms with Crippen LogP contribution in [0, 0.1) is 0 Å². The van der Waals surface area contributed by atoms with Gasteiger partial charge in [0.15, 0.2) is 0 Å². The third-order valence-corrected chi connectivity index (χ3v) is 2.68. The Bertz CT molecular complexity index is 387. The van der Waals surface area contributed by atoms with Crippen LogP contribution in [0.25, 0.3) is 10.7 Å². The van der Waals surface area contributed by atoms with Crippen LogP contribution in [0.5, 0.6) is 0 Å². The summed E-state index contributed by atoms with van der Waals surface area (Å²) in [6.07, 6.45) is 3.31. The zero-order chi connectivity index (χ0) is 9.80. The molecule has 0 amide bonds. The van der Waals surface area contributed by atoms with Gasteiger partial charge in [-0.25, -0.2) is 0 Å². The molecule has 6 heteroatoms. The van der Waals surface area contributed by atoms with Crippen molar-refractivity contribution in [1.82, 2.24) is 15.1 Å². The second-order valence-corrected chi connectivity index (χ2v) is 3.93. The van der Waals surface area contributed by atoms with Gasteiger partial charge >= 0.3 is 0 Å². The molecule has 2 rings (SSSR count). The molecule has 0 radical (unpaired) electrons. The smallest absolute Gasteiger partial charge is 0.227 e. The molecule has 0 saturated heterocycles. The van der Waals surface area contributed by atoms with E-state index in [2.05, 4.69) is 15.1 Å². The number of alkyl halides is 1. The molecule has 2 heterocycles. The van der Waals surface area contributed by atoms with Gasteiger partial charge in [0.1, 0.15) is 0 Å². The Morgan fingerprint density at radius 1 is 1.50 bits per heavy atom. The number of halogens is 1. The molecule has 2 aromatic heterocycles. The van der Waals surface area contributed by atoms with Crippen LogP contribution in [0.4, 0.5) is 0 Å². The van der Waals surface area contributed by atoms with E-state index in [4.69, 9.17) is 16.1 Å². The molecule has 0 unspecified atom stereocenters. The van der Waals surface area contributed by atoms with Crippen LogP contribution in [-0.2, 0) is 6.42 Å². The predicted octanol–water partition coefficient (Wildman–Crippen LogP) is 2.36. The first-order chi connectivity index (χ1) is 6.90. The van der Waals surface area contributed by atoms with Crippen molar-refractivity contribution in [1.29, 1.82) is 0 Å². The lowest BCUT2D eigenvalue weighted by Gasteiger charge is -1.86. The van der Waals surface area contributed by atoms with Gasteiger partial charge in [0, 0.05) is 18.5 Å². The van der Waals surface area contributed by atoms with Crippen LogP contribution in [0.2, 0.25) is 0 Å². The number of nitrogens with zero attached hydrogens (tertiary/aromatic N) is 3. The van der Waals surface area contributed by atoms with Crippen LogP contribution in [0.15, 0.2) is 16.2 Å². The Morgan fingerprint density at radius 2 is 2.43 bits per heavy atom. The van der Waals surface area contributed by atoms with Crippen LogP contribution in [-0.4, -0.2) is 21.0 Å². The van der Waals surface area contributed by atoms with Crippen molar-refractivity contribution in [3.8, 4) is 10.7 Å². The number of thiazole rings is 1. The molecule has 74 valence electrons. The van der Waals surface area contributed by atoms with E-state index in [0.29, 0.717) is 17.6 Å². The Hall–Kier alpha value is -0.940.